The standard InChI is InChI=1S/C11H14BrNO2/c1-13-7-9(11(14)15-2)8-5-3-4-6-10(8)12/h3-6,9,13H,7H2,1-2H3. The molecule has 1 aromatic carbocycles. The molecule has 0 saturated heterocycles. The minimum absolute atomic E-state index is 0.226. The van der Waals surface area contributed by atoms with Gasteiger partial charge < -0.3 is 10.1 Å². The number of esters is 1. The third-order valence-electron chi connectivity index (χ3n) is 2.17. The van der Waals surface area contributed by atoms with Gasteiger partial charge in [-0.25, -0.2) is 0 Å². The van der Waals surface area contributed by atoms with Crippen molar-refractivity contribution in [3.8, 4) is 0 Å². The normalized spacial score (nSPS) is 12.2. The van der Waals surface area contributed by atoms with Gasteiger partial charge in [0.15, 0.2) is 0 Å². The lowest BCUT2D eigenvalue weighted by Gasteiger charge is -2.15. The lowest BCUT2D eigenvalue weighted by atomic mass is 9.99. The zero-order valence-electron chi connectivity index (χ0n) is 8.79. The predicted octanol–water partition coefficient (Wildman–Crippen LogP) is 1.93. The number of hydrogen-bond donors (Lipinski definition) is 1. The Morgan fingerprint density at radius 3 is 2.73 bits per heavy atom. The molecule has 82 valence electrons. The van der Waals surface area contributed by atoms with Crippen LogP contribution in [0.1, 0.15) is 11.5 Å². The summed E-state index contributed by atoms with van der Waals surface area (Å²) in [5.41, 5.74) is 0.943. The highest BCUT2D eigenvalue weighted by atomic mass is 79.9. The number of hydrogen-bond acceptors (Lipinski definition) is 3. The summed E-state index contributed by atoms with van der Waals surface area (Å²) in [6, 6.07) is 7.66. The molecule has 0 spiro atoms. The molecule has 0 saturated carbocycles. The molecule has 0 aliphatic carbocycles. The van der Waals surface area contributed by atoms with Crippen LogP contribution in [0.5, 0.6) is 0 Å². The van der Waals surface area contributed by atoms with Crippen LogP contribution in [0.3, 0.4) is 0 Å². The average molecular weight is 272 g/mol. The summed E-state index contributed by atoms with van der Waals surface area (Å²) in [6.45, 7) is 0.565. The van der Waals surface area contributed by atoms with Crippen LogP contribution in [0.2, 0.25) is 0 Å². The van der Waals surface area contributed by atoms with Gasteiger partial charge in [-0.1, -0.05) is 34.1 Å². The number of nitrogens with one attached hydrogen (secondary N) is 1. The summed E-state index contributed by atoms with van der Waals surface area (Å²) in [4.78, 5) is 11.6. The zero-order chi connectivity index (χ0) is 11.3. The van der Waals surface area contributed by atoms with Crippen LogP contribution in [0.15, 0.2) is 28.7 Å². The topological polar surface area (TPSA) is 38.3 Å². The van der Waals surface area contributed by atoms with Gasteiger partial charge in [0.05, 0.1) is 13.0 Å². The van der Waals surface area contributed by atoms with E-state index in [-0.39, 0.29) is 11.9 Å². The Morgan fingerprint density at radius 1 is 1.53 bits per heavy atom. The lowest BCUT2D eigenvalue weighted by Crippen LogP contribution is -2.25. The summed E-state index contributed by atoms with van der Waals surface area (Å²) in [5.74, 6) is -0.494. The fourth-order valence-corrected chi connectivity index (χ4v) is 1.99. The highest BCUT2D eigenvalue weighted by Crippen LogP contribution is 2.25. The van der Waals surface area contributed by atoms with E-state index in [1.165, 1.54) is 7.11 Å². The summed E-state index contributed by atoms with van der Waals surface area (Å²) >= 11 is 3.43. The van der Waals surface area contributed by atoms with Gasteiger partial charge in [0.1, 0.15) is 0 Å². The largest absolute Gasteiger partial charge is 0.469 e. The quantitative estimate of drug-likeness (QED) is 0.851. The fourth-order valence-electron chi connectivity index (χ4n) is 1.42. The maximum absolute atomic E-state index is 11.6. The maximum Gasteiger partial charge on any atom is 0.314 e. The van der Waals surface area contributed by atoms with Crippen LogP contribution in [0.25, 0.3) is 0 Å². The van der Waals surface area contributed by atoms with Crippen molar-refractivity contribution in [1.29, 1.82) is 0 Å². The number of benzene rings is 1. The molecule has 1 aromatic rings. The Kier molecular flexibility index (Phi) is 4.78. The van der Waals surface area contributed by atoms with Gasteiger partial charge in [-0.15, -0.1) is 0 Å². The first kappa shape index (κ1) is 12.2. The van der Waals surface area contributed by atoms with Crippen molar-refractivity contribution < 1.29 is 9.53 Å². The van der Waals surface area contributed by atoms with E-state index in [1.807, 2.05) is 31.3 Å². The molecule has 0 amide bonds. The molecule has 0 aromatic heterocycles. The van der Waals surface area contributed by atoms with Crippen molar-refractivity contribution in [3.63, 3.8) is 0 Å². The molecule has 0 radical (unpaired) electrons. The van der Waals surface area contributed by atoms with Crippen LogP contribution in [0, 0.1) is 0 Å². The number of rotatable bonds is 4. The zero-order valence-corrected chi connectivity index (χ0v) is 10.4. The molecule has 0 fully saturated rings. The monoisotopic (exact) mass is 271 g/mol. The molecular formula is C11H14BrNO2. The second kappa shape index (κ2) is 5.88. The van der Waals surface area contributed by atoms with Crippen molar-refractivity contribution in [2.45, 2.75) is 5.92 Å². The minimum Gasteiger partial charge on any atom is -0.469 e. The third-order valence-corrected chi connectivity index (χ3v) is 2.90. The second-order valence-electron chi connectivity index (χ2n) is 3.15. The van der Waals surface area contributed by atoms with E-state index in [1.54, 1.807) is 0 Å². The molecule has 4 heteroatoms. The van der Waals surface area contributed by atoms with Crippen LogP contribution < -0.4 is 5.32 Å². The van der Waals surface area contributed by atoms with Crippen molar-refractivity contribution in [2.75, 3.05) is 20.7 Å². The molecule has 0 aliphatic heterocycles. The highest BCUT2D eigenvalue weighted by Gasteiger charge is 2.22. The van der Waals surface area contributed by atoms with E-state index in [2.05, 4.69) is 21.2 Å². The molecule has 0 bridgehead atoms. The summed E-state index contributed by atoms with van der Waals surface area (Å²) in [7, 11) is 3.22. The first-order valence-electron chi connectivity index (χ1n) is 4.67. The van der Waals surface area contributed by atoms with Gasteiger partial charge in [0.2, 0.25) is 0 Å². The van der Waals surface area contributed by atoms with Gasteiger partial charge in [-0.3, -0.25) is 4.79 Å². The van der Waals surface area contributed by atoms with Gasteiger partial charge in [-0.2, -0.15) is 0 Å². The minimum atomic E-state index is -0.268. The van der Waals surface area contributed by atoms with Gasteiger partial charge >= 0.3 is 5.97 Å². The third kappa shape index (κ3) is 3.04. The number of methoxy groups -OCH3 is 1. The van der Waals surface area contributed by atoms with E-state index < -0.39 is 0 Å². The molecule has 3 nitrogen and oxygen atoms in total. The number of halogens is 1. The van der Waals surface area contributed by atoms with Gasteiger partial charge in [0.25, 0.3) is 0 Å². The number of carbonyl (C=O) groups excluding carboxylic acids is 1. The van der Waals surface area contributed by atoms with Crippen molar-refractivity contribution >= 4 is 21.9 Å². The predicted molar refractivity (Wildman–Crippen MR) is 62.8 cm³/mol. The molecule has 0 heterocycles. The van der Waals surface area contributed by atoms with E-state index >= 15 is 0 Å². The van der Waals surface area contributed by atoms with E-state index in [0.29, 0.717) is 6.54 Å². The maximum atomic E-state index is 11.6. The molecule has 1 atom stereocenters. The van der Waals surface area contributed by atoms with E-state index in [4.69, 9.17) is 4.74 Å². The Hall–Kier alpha value is -0.870. The molecule has 15 heavy (non-hydrogen) atoms. The van der Waals surface area contributed by atoms with Crippen molar-refractivity contribution in [3.05, 3.63) is 34.3 Å². The first-order valence-corrected chi connectivity index (χ1v) is 5.46. The second-order valence-corrected chi connectivity index (χ2v) is 4.01. The number of ether oxygens (including phenoxy) is 1. The highest BCUT2D eigenvalue weighted by molar-refractivity contribution is 9.10. The molecule has 1 rings (SSSR count). The summed E-state index contributed by atoms with van der Waals surface area (Å²) in [5, 5.41) is 2.99. The summed E-state index contributed by atoms with van der Waals surface area (Å²) < 4.78 is 5.70. The van der Waals surface area contributed by atoms with Crippen LogP contribution >= 0.6 is 15.9 Å². The molecule has 1 unspecified atom stereocenters. The van der Waals surface area contributed by atoms with Crippen molar-refractivity contribution in [1.82, 2.24) is 5.32 Å². The fraction of sp³-hybridized carbons (Fsp3) is 0.364. The van der Waals surface area contributed by atoms with Crippen molar-refractivity contribution in [2.24, 2.45) is 0 Å². The van der Waals surface area contributed by atoms with Crippen LogP contribution in [0.4, 0.5) is 0 Å². The van der Waals surface area contributed by atoms with Crippen LogP contribution in [-0.4, -0.2) is 26.7 Å². The van der Waals surface area contributed by atoms with Gasteiger partial charge in [-0.05, 0) is 18.7 Å². The van der Waals surface area contributed by atoms with Gasteiger partial charge in [0, 0.05) is 11.0 Å². The summed E-state index contributed by atoms with van der Waals surface area (Å²) in [6.07, 6.45) is 0. The average Bonchev–Trinajstić information content (AvgIpc) is 2.26. The smallest absolute Gasteiger partial charge is 0.314 e. The molecule has 1 N–H and O–H groups in total. The Morgan fingerprint density at radius 2 is 2.20 bits per heavy atom. The van der Waals surface area contributed by atoms with E-state index in [0.717, 1.165) is 10.0 Å². The van der Waals surface area contributed by atoms with Crippen LogP contribution in [-0.2, 0) is 9.53 Å². The number of carbonyl (C=O) groups is 1. The van der Waals surface area contributed by atoms with E-state index in [9.17, 15) is 4.79 Å². The number of likely N-dealkylation sites (N-methyl/N-ethyl adjacent to an activating group) is 1. The lowest BCUT2D eigenvalue weighted by molar-refractivity contribution is -0.142. The molecular weight excluding hydrogens is 258 g/mol. The SMILES string of the molecule is CNCC(C(=O)OC)c1ccccc1Br. The Balaban J connectivity index is 2.98. The Bertz CT molecular complexity index is 341. The first-order chi connectivity index (χ1) is 7.20. The Labute approximate surface area is 97.9 Å². The molecule has 0 aliphatic rings.